The molecule has 2 rings (SSSR count). The van der Waals surface area contributed by atoms with Gasteiger partial charge in [-0.25, -0.2) is 0 Å². The Kier molecular flexibility index (Phi) is 3.56. The fraction of sp³-hybridized carbons (Fsp3) is 0.667. The van der Waals surface area contributed by atoms with Gasteiger partial charge in [0, 0.05) is 11.6 Å². The van der Waals surface area contributed by atoms with Crippen molar-refractivity contribution in [2.45, 2.75) is 44.2 Å². The summed E-state index contributed by atoms with van der Waals surface area (Å²) in [5.41, 5.74) is 0.323. The first-order valence-electron chi connectivity index (χ1n) is 6.06. The highest BCUT2D eigenvalue weighted by Crippen LogP contribution is 2.45. The number of hydrogen-bond acceptors (Lipinski definition) is 5. The van der Waals surface area contributed by atoms with E-state index in [1.807, 2.05) is 27.0 Å². The van der Waals surface area contributed by atoms with Crippen LogP contribution in [0.1, 0.15) is 39.3 Å². The van der Waals surface area contributed by atoms with Gasteiger partial charge >= 0.3 is 0 Å². The van der Waals surface area contributed by atoms with Crippen LogP contribution >= 0.6 is 11.8 Å². The zero-order valence-electron chi connectivity index (χ0n) is 11.2. The summed E-state index contributed by atoms with van der Waals surface area (Å²) in [6.45, 7) is 6.09. The van der Waals surface area contributed by atoms with E-state index >= 15 is 0 Å². The highest BCUT2D eigenvalue weighted by atomic mass is 32.2. The van der Waals surface area contributed by atoms with E-state index in [1.54, 1.807) is 6.21 Å². The molecule has 1 fully saturated rings. The van der Waals surface area contributed by atoms with Gasteiger partial charge in [-0.2, -0.15) is 9.78 Å². The summed E-state index contributed by atoms with van der Waals surface area (Å²) in [7, 11) is 0. The van der Waals surface area contributed by atoms with Crippen LogP contribution < -0.4 is 5.56 Å². The molecule has 1 saturated carbocycles. The maximum absolute atomic E-state index is 12.4. The molecule has 1 aromatic heterocycles. The summed E-state index contributed by atoms with van der Waals surface area (Å²) < 4.78 is 1.37. The monoisotopic (exact) mass is 266 g/mol. The van der Waals surface area contributed by atoms with Gasteiger partial charge in [0.1, 0.15) is 5.69 Å². The van der Waals surface area contributed by atoms with E-state index in [1.165, 1.54) is 16.4 Å². The smallest absolute Gasteiger partial charge is 0.265 e. The van der Waals surface area contributed by atoms with Gasteiger partial charge in [-0.3, -0.25) is 4.79 Å². The summed E-state index contributed by atoms with van der Waals surface area (Å²) in [6, 6.07) is 0. The van der Waals surface area contributed by atoms with Crippen molar-refractivity contribution in [3.63, 3.8) is 0 Å². The minimum absolute atomic E-state index is 0.0872. The van der Waals surface area contributed by atoms with Crippen molar-refractivity contribution in [2.24, 2.45) is 11.0 Å². The molecule has 0 aromatic carbocycles. The Morgan fingerprint density at radius 1 is 1.44 bits per heavy atom. The molecule has 0 bridgehead atoms. The lowest BCUT2D eigenvalue weighted by Crippen LogP contribution is -2.29. The molecule has 98 valence electrons. The van der Waals surface area contributed by atoms with Crippen LogP contribution in [0.25, 0.3) is 0 Å². The molecule has 0 atom stereocenters. The zero-order chi connectivity index (χ0) is 13.3. The maximum atomic E-state index is 12.4. The number of thioether (sulfide) groups is 1. The molecule has 0 unspecified atom stereocenters. The van der Waals surface area contributed by atoms with Crippen molar-refractivity contribution in [3.8, 4) is 0 Å². The van der Waals surface area contributed by atoms with Gasteiger partial charge in [-0.1, -0.05) is 32.5 Å². The number of nitrogens with zero attached hydrogens (tertiary/aromatic N) is 4. The lowest BCUT2D eigenvalue weighted by atomic mass is 10.1. The summed E-state index contributed by atoms with van der Waals surface area (Å²) in [5, 5.41) is 13.0. The van der Waals surface area contributed by atoms with Crippen LogP contribution in [-0.4, -0.2) is 27.3 Å². The van der Waals surface area contributed by atoms with E-state index < -0.39 is 0 Å². The van der Waals surface area contributed by atoms with E-state index in [0.29, 0.717) is 16.8 Å². The lowest BCUT2D eigenvalue weighted by Gasteiger charge is -2.09. The Hall–Kier alpha value is -1.17. The molecule has 6 heteroatoms. The van der Waals surface area contributed by atoms with Gasteiger partial charge in [0.15, 0.2) is 0 Å². The lowest BCUT2D eigenvalue weighted by molar-refractivity contribution is 0.584. The topological polar surface area (TPSA) is 60.1 Å². The second-order valence-corrected chi connectivity index (χ2v) is 5.99. The van der Waals surface area contributed by atoms with Crippen LogP contribution in [0, 0.1) is 5.92 Å². The number of rotatable bonds is 4. The zero-order valence-corrected chi connectivity index (χ0v) is 12.0. The molecule has 1 heterocycles. The minimum atomic E-state index is -0.133. The van der Waals surface area contributed by atoms with Gasteiger partial charge in [0.05, 0.1) is 0 Å². The van der Waals surface area contributed by atoms with Crippen LogP contribution in [0.5, 0.6) is 0 Å². The molecular formula is C12H18N4OS. The van der Waals surface area contributed by atoms with Crippen LogP contribution in [0.2, 0.25) is 0 Å². The quantitative estimate of drug-likeness (QED) is 0.617. The fourth-order valence-electron chi connectivity index (χ4n) is 1.60. The molecular weight excluding hydrogens is 248 g/mol. The van der Waals surface area contributed by atoms with E-state index in [2.05, 4.69) is 15.3 Å². The minimum Gasteiger partial charge on any atom is -0.265 e. The van der Waals surface area contributed by atoms with E-state index in [-0.39, 0.29) is 11.0 Å². The van der Waals surface area contributed by atoms with Gasteiger partial charge in [-0.15, -0.1) is 10.2 Å². The Labute approximate surface area is 111 Å². The SMILES string of the molecule is CSc1nnc(C2(C)CC2)c(=O)n1/N=C/C(C)C. The molecule has 0 amide bonds. The van der Waals surface area contributed by atoms with Crippen molar-refractivity contribution < 1.29 is 0 Å². The van der Waals surface area contributed by atoms with Crippen molar-refractivity contribution in [1.82, 2.24) is 14.9 Å². The molecule has 5 nitrogen and oxygen atoms in total. The molecule has 0 saturated heterocycles. The van der Waals surface area contributed by atoms with Gasteiger partial charge in [0.25, 0.3) is 5.56 Å². The van der Waals surface area contributed by atoms with Crippen molar-refractivity contribution in [1.29, 1.82) is 0 Å². The Balaban J connectivity index is 2.50. The standard InChI is InChI=1S/C12H18N4OS/c1-8(2)7-13-16-10(17)9(12(3)5-6-12)14-15-11(16)18-4/h7-8H,5-6H2,1-4H3/b13-7+. The summed E-state index contributed by atoms with van der Waals surface area (Å²) >= 11 is 1.38. The normalized spacial score (nSPS) is 17.6. The summed E-state index contributed by atoms with van der Waals surface area (Å²) in [4.78, 5) is 12.4. The highest BCUT2D eigenvalue weighted by molar-refractivity contribution is 7.98. The predicted octanol–water partition coefficient (Wildman–Crippen LogP) is 1.90. The first-order valence-corrected chi connectivity index (χ1v) is 7.29. The Bertz CT molecular complexity index is 531. The van der Waals surface area contributed by atoms with Crippen LogP contribution in [0.3, 0.4) is 0 Å². The molecule has 0 aliphatic heterocycles. The first kappa shape index (κ1) is 13.3. The molecule has 0 N–H and O–H groups in total. The predicted molar refractivity (Wildman–Crippen MR) is 73.4 cm³/mol. The van der Waals surface area contributed by atoms with E-state index in [4.69, 9.17) is 0 Å². The molecule has 18 heavy (non-hydrogen) atoms. The molecule has 0 radical (unpaired) electrons. The first-order chi connectivity index (χ1) is 8.48. The van der Waals surface area contributed by atoms with Crippen LogP contribution in [0.15, 0.2) is 15.1 Å². The third kappa shape index (κ3) is 2.48. The second kappa shape index (κ2) is 4.84. The second-order valence-electron chi connectivity index (χ2n) is 5.22. The number of hydrogen-bond donors (Lipinski definition) is 0. The third-order valence-corrected chi connectivity index (χ3v) is 3.67. The third-order valence-electron chi connectivity index (χ3n) is 3.05. The molecule has 0 spiro atoms. The van der Waals surface area contributed by atoms with Gasteiger partial charge in [0.2, 0.25) is 5.16 Å². The summed E-state index contributed by atoms with van der Waals surface area (Å²) in [5.74, 6) is 0.291. The average molecular weight is 266 g/mol. The highest BCUT2D eigenvalue weighted by Gasteiger charge is 2.43. The van der Waals surface area contributed by atoms with Crippen molar-refractivity contribution >= 4 is 18.0 Å². The van der Waals surface area contributed by atoms with Crippen LogP contribution in [0.4, 0.5) is 0 Å². The van der Waals surface area contributed by atoms with Gasteiger partial charge in [-0.05, 0) is 25.0 Å². The Morgan fingerprint density at radius 3 is 2.61 bits per heavy atom. The van der Waals surface area contributed by atoms with Crippen molar-refractivity contribution in [2.75, 3.05) is 6.26 Å². The summed E-state index contributed by atoms with van der Waals surface area (Å²) in [6.07, 6.45) is 5.62. The Morgan fingerprint density at radius 2 is 2.11 bits per heavy atom. The van der Waals surface area contributed by atoms with E-state index in [9.17, 15) is 4.79 Å². The fourth-order valence-corrected chi connectivity index (χ4v) is 2.02. The van der Waals surface area contributed by atoms with Gasteiger partial charge < -0.3 is 0 Å². The van der Waals surface area contributed by atoms with Crippen molar-refractivity contribution in [3.05, 3.63) is 16.0 Å². The molecule has 1 aromatic rings. The maximum Gasteiger partial charge on any atom is 0.297 e. The van der Waals surface area contributed by atoms with E-state index in [0.717, 1.165) is 12.8 Å². The largest absolute Gasteiger partial charge is 0.297 e. The molecule has 1 aliphatic carbocycles. The number of aromatic nitrogens is 3. The average Bonchev–Trinajstić information content (AvgIpc) is 3.05. The molecule has 1 aliphatic rings. The van der Waals surface area contributed by atoms with Crippen LogP contribution in [-0.2, 0) is 5.41 Å².